The number of methoxy groups -OCH3 is 1. The minimum absolute atomic E-state index is 0.0173. The van der Waals surface area contributed by atoms with Gasteiger partial charge in [-0.25, -0.2) is 9.59 Å². The molecule has 2 amide bonds. The number of hydrogen-bond acceptors (Lipinski definition) is 16. The minimum Gasteiger partial charge on any atom is -0.507 e. The summed E-state index contributed by atoms with van der Waals surface area (Å²) in [6, 6.07) is 3.06. The van der Waals surface area contributed by atoms with E-state index >= 15 is 0 Å². The Balaban J connectivity index is 0.000000285. The number of phenols is 2. The van der Waals surface area contributed by atoms with E-state index in [-0.39, 0.29) is 52.3 Å². The summed E-state index contributed by atoms with van der Waals surface area (Å²) >= 11 is 10.6. The fourth-order valence-electron chi connectivity index (χ4n) is 9.13. The molecule has 9 N–H and O–H groups in total. The third-order valence-electron chi connectivity index (χ3n) is 12.9. The molecule has 2 aromatic rings. The zero-order valence-electron chi connectivity index (χ0n) is 41.9. The van der Waals surface area contributed by atoms with Crippen LogP contribution >= 0.6 is 23.2 Å². The summed E-state index contributed by atoms with van der Waals surface area (Å²) in [5, 5.41) is 67.9. The number of aliphatic hydroxyl groups is 3. The van der Waals surface area contributed by atoms with Crippen LogP contribution in [0.4, 0.5) is 4.79 Å². The molecule has 0 unspecified atom stereocenters. The van der Waals surface area contributed by atoms with Crippen molar-refractivity contribution in [1.82, 2.24) is 10.3 Å². The number of aliphatic carboxylic acids is 1. The van der Waals surface area contributed by atoms with E-state index in [9.17, 15) is 54.4 Å². The Morgan fingerprint density at radius 3 is 2.32 bits per heavy atom. The van der Waals surface area contributed by atoms with E-state index in [0.29, 0.717) is 17.4 Å². The number of Topliss-reactive ketones (excluding diaryl/α,β-unsaturated/α-hetero) is 1. The summed E-state index contributed by atoms with van der Waals surface area (Å²) in [5.74, 6) is -4.23. The normalized spacial score (nSPS) is 23.5. The lowest BCUT2D eigenvalue weighted by atomic mass is 9.72. The second kappa shape index (κ2) is 26.4. The molecule has 0 bridgehead atoms. The maximum Gasteiger partial charge on any atom is 0.340 e. The Morgan fingerprint density at radius 1 is 1.04 bits per heavy atom. The van der Waals surface area contributed by atoms with E-state index in [4.69, 9.17) is 48.3 Å². The fourth-order valence-corrected chi connectivity index (χ4v) is 9.39. The van der Waals surface area contributed by atoms with Crippen LogP contribution in [0.5, 0.6) is 17.2 Å². The third-order valence-corrected chi connectivity index (χ3v) is 13.3. The van der Waals surface area contributed by atoms with Crippen molar-refractivity contribution >= 4 is 52.6 Å². The van der Waals surface area contributed by atoms with E-state index in [1.165, 1.54) is 61.8 Å². The van der Waals surface area contributed by atoms with Gasteiger partial charge in [-0.2, -0.15) is 5.01 Å². The molecule has 1 saturated heterocycles. The summed E-state index contributed by atoms with van der Waals surface area (Å²) in [7, 11) is 1.32. The van der Waals surface area contributed by atoms with E-state index < -0.39 is 108 Å². The molecule has 1 heterocycles. The number of nitroso groups, excluding NO2 is 1. The fraction of sp³-hybridized carbons (Fsp3) is 0.481. The van der Waals surface area contributed by atoms with E-state index in [2.05, 4.69) is 50.4 Å². The molecule has 2 aromatic carbocycles. The zero-order valence-corrected chi connectivity index (χ0v) is 43.5. The average Bonchev–Trinajstić information content (AvgIpc) is 3.33. The zero-order chi connectivity index (χ0) is 54.5. The van der Waals surface area contributed by atoms with E-state index in [0.717, 1.165) is 11.1 Å². The molecule has 73 heavy (non-hydrogen) atoms. The number of phenolic OH excluding ortho intramolecular Hbond substituents is 2. The van der Waals surface area contributed by atoms with Crippen LogP contribution in [0.25, 0.3) is 0 Å². The summed E-state index contributed by atoms with van der Waals surface area (Å²) in [6.45, 7) is 11.7. The number of alkyl halides is 2. The molecule has 0 aromatic heterocycles. The highest BCUT2D eigenvalue weighted by Gasteiger charge is 2.50. The van der Waals surface area contributed by atoms with Crippen molar-refractivity contribution < 1.29 is 68.8 Å². The Bertz CT molecular complexity index is 2560. The van der Waals surface area contributed by atoms with Crippen LogP contribution in [-0.4, -0.2) is 134 Å². The van der Waals surface area contributed by atoms with Crippen molar-refractivity contribution in [1.29, 1.82) is 0 Å². The highest BCUT2D eigenvalue weighted by Crippen LogP contribution is 2.52. The second-order valence-corrected chi connectivity index (χ2v) is 19.5. The van der Waals surface area contributed by atoms with Gasteiger partial charge < -0.3 is 55.9 Å². The molecule has 398 valence electrons. The topological polar surface area (TPSA) is 305 Å². The van der Waals surface area contributed by atoms with Gasteiger partial charge in [0.05, 0.1) is 53.9 Å². The van der Waals surface area contributed by atoms with Gasteiger partial charge in [0, 0.05) is 66.4 Å². The minimum atomic E-state index is -2.24. The van der Waals surface area contributed by atoms with Gasteiger partial charge in [-0.15, -0.1) is 28.1 Å². The van der Waals surface area contributed by atoms with Crippen LogP contribution in [0, 0.1) is 10.3 Å². The molecule has 6 rings (SSSR count). The van der Waals surface area contributed by atoms with E-state index in [1.807, 2.05) is 12.2 Å². The summed E-state index contributed by atoms with van der Waals surface area (Å²) in [5.41, 5.74) is 7.47. The predicted molar refractivity (Wildman–Crippen MR) is 273 cm³/mol. The van der Waals surface area contributed by atoms with Crippen molar-refractivity contribution in [2.75, 3.05) is 38.6 Å². The number of hydrogen-bond donors (Lipinski definition) is 8. The number of carbonyl (C=O) groups excluding carboxylic acids is 4. The number of nitrogens with one attached hydrogen (secondary N) is 1. The van der Waals surface area contributed by atoms with Gasteiger partial charge in [-0.1, -0.05) is 67.5 Å². The van der Waals surface area contributed by atoms with Crippen molar-refractivity contribution in [3.8, 4) is 17.2 Å². The number of aliphatic hydroxyl groups excluding tert-OH is 2. The quantitative estimate of drug-likeness (QED) is 0.0195. The Labute approximate surface area is 433 Å². The van der Waals surface area contributed by atoms with Crippen molar-refractivity contribution in [2.45, 2.75) is 116 Å². The van der Waals surface area contributed by atoms with Crippen molar-refractivity contribution in [3.63, 3.8) is 0 Å². The number of fused-ring (bicyclic) bond motifs is 3. The van der Waals surface area contributed by atoms with Crippen LogP contribution in [0.3, 0.4) is 0 Å². The molecule has 0 spiro atoms. The number of urea groups is 1. The maximum absolute atomic E-state index is 13.6. The summed E-state index contributed by atoms with van der Waals surface area (Å²) < 4.78 is 17.0. The Hall–Kier alpha value is -5.77. The second-order valence-electron chi connectivity index (χ2n) is 18.7. The number of allylic oxidation sites excluding steroid dienone is 9. The number of carbonyl (C=O) groups is 5. The van der Waals surface area contributed by atoms with Crippen LogP contribution in [-0.2, 0) is 25.5 Å². The van der Waals surface area contributed by atoms with Crippen molar-refractivity contribution in [2.24, 2.45) is 16.4 Å². The van der Waals surface area contributed by atoms with Crippen molar-refractivity contribution in [3.05, 3.63) is 115 Å². The average molecular weight is 1060 g/mol. The highest BCUT2D eigenvalue weighted by molar-refractivity contribution is 6.31. The largest absolute Gasteiger partial charge is 0.507 e. The first-order valence-electron chi connectivity index (χ1n) is 23.5. The van der Waals surface area contributed by atoms with Gasteiger partial charge in [-0.3, -0.25) is 14.4 Å². The van der Waals surface area contributed by atoms with Gasteiger partial charge in [0.1, 0.15) is 29.5 Å². The monoisotopic (exact) mass is 1060 g/mol. The SMILES string of the molecule is CC1=C(/C=C/C(C)=C\C=C\C(C)=C\C(=O)O)C(C)(C)CCC1.COc1cccc2c1C(=O)c1c(O)c3c(c(O)c1C2=O)C[C@@](O)(C(=O)CO)C[C@@H]3O[C@H]1C[C@H](N)[C@H](O)[C@H](C)O1.O=NN(CCCl)C(=O)NCCCl. The van der Waals surface area contributed by atoms with Gasteiger partial charge in [0.2, 0.25) is 5.78 Å². The predicted octanol–water partition coefficient (Wildman–Crippen LogP) is 6.76. The number of carboxylic acid groups (broad SMARTS) is 1. The molecular weight excluding hydrogens is 991 g/mol. The first kappa shape index (κ1) is 59.8. The molecule has 3 aliphatic carbocycles. The standard InChI is InChI=1S/C27H29NO11.C20H28O2.C5H9Cl2N3O2/c1-10-22(31)13(28)6-17(38-10)39-15-8-27(36,16(30)9-29)7-12-19(15)26(35)21-20(24(12)33)23(32)11-4-3-5-14(37-2)18(11)25(21)34;1-15(8-6-9-16(2)14-19(21)22)11-12-18-17(3)10-7-13-20(18,4)5;6-1-3-8-5(11)10(9-12)4-2-7/h3-5,10,13,15,17,22,29,31,33,35-36H,6-9,28H2,1-2H3;6,8-9,11-12,14H,7,10,13H2,1-5H3,(H,21,22);1-4H2,(H,8,11)/b;9-6+,12-11+,15-8-,16-14+;/t10-,13-,15-,17-,22+,27-;;/m0../s1. The molecule has 6 atom stereocenters. The van der Waals surface area contributed by atoms with Crippen LogP contribution in [0.15, 0.2) is 82.2 Å². The summed E-state index contributed by atoms with van der Waals surface area (Å²) in [6.07, 6.45) is 9.89. The summed E-state index contributed by atoms with van der Waals surface area (Å²) in [4.78, 5) is 71.2. The number of rotatable bonds is 15. The molecule has 19 nitrogen and oxygen atoms in total. The van der Waals surface area contributed by atoms with Gasteiger partial charge >= 0.3 is 12.0 Å². The Morgan fingerprint density at radius 2 is 1.73 bits per heavy atom. The molecule has 1 aliphatic heterocycles. The lowest BCUT2D eigenvalue weighted by molar-refractivity contribution is -0.247. The lowest BCUT2D eigenvalue weighted by Crippen LogP contribution is -2.53. The third kappa shape index (κ3) is 14.5. The Kier molecular flexibility index (Phi) is 21.7. The van der Waals surface area contributed by atoms with Gasteiger partial charge in [0.25, 0.3) is 0 Å². The molecule has 0 saturated carbocycles. The number of carboxylic acids is 1. The number of ether oxygens (including phenoxy) is 3. The lowest BCUT2D eigenvalue weighted by Gasteiger charge is -2.42. The van der Waals surface area contributed by atoms with Crippen LogP contribution in [0.1, 0.15) is 123 Å². The number of nitrogens with zero attached hydrogens (tertiary/aromatic N) is 2. The van der Waals surface area contributed by atoms with Crippen LogP contribution in [0.2, 0.25) is 0 Å². The number of amides is 2. The number of nitrogens with two attached hydrogens (primary N) is 1. The number of halogens is 2. The molecular formula is C52H66Cl2N4O15. The first-order chi connectivity index (χ1) is 34.4. The molecule has 4 aliphatic rings. The number of aromatic hydroxyl groups is 2. The van der Waals surface area contributed by atoms with Gasteiger partial charge in [-0.05, 0) is 69.6 Å². The van der Waals surface area contributed by atoms with E-state index in [1.54, 1.807) is 19.9 Å². The van der Waals surface area contributed by atoms with Crippen LogP contribution < -0.4 is 15.8 Å². The maximum atomic E-state index is 13.6. The number of ketones is 3. The molecule has 21 heteroatoms. The number of benzene rings is 2. The smallest absolute Gasteiger partial charge is 0.340 e. The molecule has 1 fully saturated rings. The first-order valence-corrected chi connectivity index (χ1v) is 24.6. The molecule has 0 radical (unpaired) electrons. The highest BCUT2D eigenvalue weighted by atomic mass is 35.5. The van der Waals surface area contributed by atoms with Gasteiger partial charge in [0.15, 0.2) is 17.9 Å².